The fraction of sp³-hybridized carbons (Fsp3) is 0.562. The molecule has 110 valence electrons. The third-order valence-corrected chi connectivity index (χ3v) is 3.89. The number of carboxylic acid groups (broad SMARTS) is 1. The van der Waals surface area contributed by atoms with Gasteiger partial charge in [-0.05, 0) is 38.3 Å². The van der Waals surface area contributed by atoms with Gasteiger partial charge in [0.25, 0.3) is 0 Å². The number of anilines is 1. The number of benzene rings is 1. The Balaban J connectivity index is 2.19. The van der Waals surface area contributed by atoms with Gasteiger partial charge >= 0.3 is 5.97 Å². The van der Waals surface area contributed by atoms with Crippen molar-refractivity contribution >= 4 is 11.7 Å². The maximum atomic E-state index is 10.9. The van der Waals surface area contributed by atoms with Crippen LogP contribution in [0.2, 0.25) is 0 Å². The first kappa shape index (κ1) is 14.9. The van der Waals surface area contributed by atoms with Gasteiger partial charge in [0.15, 0.2) is 0 Å². The maximum absolute atomic E-state index is 10.9. The van der Waals surface area contributed by atoms with Crippen molar-refractivity contribution in [1.29, 1.82) is 0 Å². The Kier molecular flexibility index (Phi) is 5.01. The van der Waals surface area contributed by atoms with Crippen LogP contribution in [0.1, 0.15) is 31.7 Å². The van der Waals surface area contributed by atoms with E-state index in [4.69, 9.17) is 9.84 Å². The number of ether oxygens (including phenoxy) is 1. The average Bonchev–Trinajstić information content (AvgIpc) is 2.41. The van der Waals surface area contributed by atoms with Crippen LogP contribution in [0.4, 0.5) is 5.69 Å². The zero-order valence-corrected chi connectivity index (χ0v) is 12.2. The van der Waals surface area contributed by atoms with Gasteiger partial charge in [-0.25, -0.2) is 0 Å². The monoisotopic (exact) mass is 277 g/mol. The highest BCUT2D eigenvalue weighted by molar-refractivity contribution is 5.68. The highest BCUT2D eigenvalue weighted by Crippen LogP contribution is 2.27. The quantitative estimate of drug-likeness (QED) is 0.899. The van der Waals surface area contributed by atoms with Crippen molar-refractivity contribution in [2.24, 2.45) is 0 Å². The van der Waals surface area contributed by atoms with Gasteiger partial charge in [-0.2, -0.15) is 0 Å². The molecule has 0 bridgehead atoms. The summed E-state index contributed by atoms with van der Waals surface area (Å²) >= 11 is 0. The van der Waals surface area contributed by atoms with E-state index in [1.807, 2.05) is 12.1 Å². The fourth-order valence-corrected chi connectivity index (χ4v) is 2.86. The van der Waals surface area contributed by atoms with E-state index in [1.54, 1.807) is 0 Å². The number of hydrogen-bond donors (Lipinski definition) is 1. The summed E-state index contributed by atoms with van der Waals surface area (Å²) in [5, 5.41) is 8.98. The van der Waals surface area contributed by atoms with Crippen molar-refractivity contribution in [3.63, 3.8) is 0 Å². The van der Waals surface area contributed by atoms with E-state index in [0.717, 1.165) is 25.1 Å². The van der Waals surface area contributed by atoms with Gasteiger partial charge in [0.05, 0.1) is 12.5 Å². The van der Waals surface area contributed by atoms with Gasteiger partial charge in [-0.3, -0.25) is 4.79 Å². The Morgan fingerprint density at radius 1 is 1.45 bits per heavy atom. The van der Waals surface area contributed by atoms with Crippen LogP contribution in [0.15, 0.2) is 24.3 Å². The Hall–Kier alpha value is -1.55. The summed E-state index contributed by atoms with van der Waals surface area (Å²) in [6.45, 7) is 5.46. The molecule has 1 aromatic rings. The van der Waals surface area contributed by atoms with Crippen LogP contribution in [0.5, 0.6) is 0 Å². The summed E-state index contributed by atoms with van der Waals surface area (Å²) in [6, 6.07) is 8.54. The number of carbonyl (C=O) groups is 1. The van der Waals surface area contributed by atoms with Gasteiger partial charge in [-0.1, -0.05) is 18.2 Å². The van der Waals surface area contributed by atoms with Crippen molar-refractivity contribution in [1.82, 2.24) is 0 Å². The van der Waals surface area contributed by atoms with E-state index in [9.17, 15) is 4.79 Å². The third-order valence-electron chi connectivity index (χ3n) is 3.89. The molecule has 4 nitrogen and oxygen atoms in total. The summed E-state index contributed by atoms with van der Waals surface area (Å²) in [5.41, 5.74) is 2.34. The summed E-state index contributed by atoms with van der Waals surface area (Å²) in [6.07, 6.45) is 2.32. The number of carboxylic acids is 1. The number of para-hydroxylation sites is 1. The first-order valence-electron chi connectivity index (χ1n) is 7.23. The highest BCUT2D eigenvalue weighted by Gasteiger charge is 2.26. The Morgan fingerprint density at radius 2 is 2.20 bits per heavy atom. The minimum atomic E-state index is -0.747. The van der Waals surface area contributed by atoms with E-state index < -0.39 is 5.97 Å². The lowest BCUT2D eigenvalue weighted by atomic mass is 10.00. The minimum Gasteiger partial charge on any atom is -0.481 e. The van der Waals surface area contributed by atoms with Gasteiger partial charge in [0.2, 0.25) is 0 Å². The molecule has 0 aliphatic carbocycles. The molecular formula is C16H23NO3. The van der Waals surface area contributed by atoms with Gasteiger partial charge in [0.1, 0.15) is 0 Å². The van der Waals surface area contributed by atoms with Crippen LogP contribution in [-0.4, -0.2) is 36.4 Å². The van der Waals surface area contributed by atoms with Crippen LogP contribution in [0, 0.1) is 6.92 Å². The number of nitrogens with zero attached hydrogens (tertiary/aromatic N) is 1. The highest BCUT2D eigenvalue weighted by atomic mass is 16.5. The van der Waals surface area contributed by atoms with Crippen LogP contribution in [-0.2, 0) is 9.53 Å². The summed E-state index contributed by atoms with van der Waals surface area (Å²) in [4.78, 5) is 13.2. The molecule has 1 saturated heterocycles. The Labute approximate surface area is 120 Å². The molecule has 2 rings (SSSR count). The van der Waals surface area contributed by atoms with Crippen LogP contribution in [0.3, 0.4) is 0 Å². The minimum absolute atomic E-state index is 0.167. The number of rotatable bonds is 5. The van der Waals surface area contributed by atoms with Gasteiger partial charge < -0.3 is 14.7 Å². The van der Waals surface area contributed by atoms with Crippen LogP contribution in [0.25, 0.3) is 0 Å². The lowest BCUT2D eigenvalue weighted by Crippen LogP contribution is -2.43. The molecule has 0 spiro atoms. The second-order valence-electron chi connectivity index (χ2n) is 5.48. The van der Waals surface area contributed by atoms with E-state index in [1.165, 1.54) is 5.56 Å². The summed E-state index contributed by atoms with van der Waals surface area (Å²) in [7, 11) is 0. The molecule has 1 aliphatic heterocycles. The topological polar surface area (TPSA) is 49.8 Å². The van der Waals surface area contributed by atoms with E-state index in [2.05, 4.69) is 30.9 Å². The first-order valence-corrected chi connectivity index (χ1v) is 7.23. The molecule has 2 unspecified atom stereocenters. The predicted octanol–water partition coefficient (Wildman–Crippen LogP) is 2.84. The molecule has 1 N–H and O–H groups in total. The molecule has 1 aromatic carbocycles. The largest absolute Gasteiger partial charge is 0.481 e. The maximum Gasteiger partial charge on any atom is 0.305 e. The zero-order valence-electron chi connectivity index (χ0n) is 12.2. The Bertz CT molecular complexity index is 461. The Morgan fingerprint density at radius 3 is 2.85 bits per heavy atom. The average molecular weight is 277 g/mol. The molecule has 0 aromatic heterocycles. The second kappa shape index (κ2) is 6.75. The lowest BCUT2D eigenvalue weighted by Gasteiger charge is -2.38. The summed E-state index contributed by atoms with van der Waals surface area (Å²) in [5.74, 6) is -0.747. The third kappa shape index (κ3) is 3.73. The first-order chi connectivity index (χ1) is 9.58. The molecular weight excluding hydrogens is 254 g/mol. The standard InChI is InChI=1S/C16H23NO3/c1-12-5-3-4-6-15(12)17(9-7-16(18)19)14-8-10-20-13(2)11-14/h3-6,13-14H,7-11H2,1-2H3,(H,18,19). The van der Waals surface area contributed by atoms with E-state index in [0.29, 0.717) is 12.6 Å². The normalized spacial score (nSPS) is 22.5. The molecule has 20 heavy (non-hydrogen) atoms. The van der Waals surface area contributed by atoms with Crippen LogP contribution < -0.4 is 4.90 Å². The fourth-order valence-electron chi connectivity index (χ4n) is 2.86. The smallest absolute Gasteiger partial charge is 0.305 e. The molecule has 0 saturated carbocycles. The van der Waals surface area contributed by atoms with Crippen molar-refractivity contribution in [3.05, 3.63) is 29.8 Å². The molecule has 1 aliphatic rings. The molecule has 0 radical (unpaired) electrons. The molecule has 4 heteroatoms. The number of aliphatic carboxylic acids is 1. The summed E-state index contributed by atoms with van der Waals surface area (Å²) < 4.78 is 5.61. The van der Waals surface area contributed by atoms with E-state index >= 15 is 0 Å². The van der Waals surface area contributed by atoms with Crippen molar-refractivity contribution in [3.8, 4) is 0 Å². The van der Waals surface area contributed by atoms with Crippen molar-refractivity contribution in [2.45, 2.75) is 45.3 Å². The second-order valence-corrected chi connectivity index (χ2v) is 5.48. The van der Waals surface area contributed by atoms with E-state index in [-0.39, 0.29) is 12.5 Å². The van der Waals surface area contributed by atoms with Crippen molar-refractivity contribution in [2.75, 3.05) is 18.1 Å². The number of aryl methyl sites for hydroxylation is 1. The van der Waals surface area contributed by atoms with Gasteiger partial charge in [-0.15, -0.1) is 0 Å². The van der Waals surface area contributed by atoms with Crippen molar-refractivity contribution < 1.29 is 14.6 Å². The zero-order chi connectivity index (χ0) is 14.5. The number of hydrogen-bond acceptors (Lipinski definition) is 3. The predicted molar refractivity (Wildman–Crippen MR) is 79.2 cm³/mol. The molecule has 1 fully saturated rings. The van der Waals surface area contributed by atoms with Crippen LogP contribution >= 0.6 is 0 Å². The lowest BCUT2D eigenvalue weighted by molar-refractivity contribution is -0.136. The van der Waals surface area contributed by atoms with Gasteiger partial charge in [0, 0.05) is 24.9 Å². The molecule has 1 heterocycles. The molecule has 2 atom stereocenters. The molecule has 0 amide bonds. The SMILES string of the molecule is Cc1ccccc1N(CCC(=O)O)C1CCOC(C)C1.